The third-order valence-corrected chi connectivity index (χ3v) is 2.81. The molecule has 0 fully saturated rings. The monoisotopic (exact) mass is 274 g/mol. The van der Waals surface area contributed by atoms with Crippen LogP contribution in [0.15, 0.2) is 36.5 Å². The van der Waals surface area contributed by atoms with Gasteiger partial charge in [-0.25, -0.2) is 4.98 Å². The summed E-state index contributed by atoms with van der Waals surface area (Å²) in [6, 6.07) is 10.5. The molecular formula is C14H11ClN2O2. The molecule has 19 heavy (non-hydrogen) atoms. The number of hydrogen-bond acceptors (Lipinski definition) is 4. The van der Waals surface area contributed by atoms with Crippen molar-refractivity contribution in [1.29, 1.82) is 5.26 Å². The summed E-state index contributed by atoms with van der Waals surface area (Å²) >= 11 is 6.03. The van der Waals surface area contributed by atoms with E-state index >= 15 is 0 Å². The van der Waals surface area contributed by atoms with Crippen molar-refractivity contribution in [1.82, 2.24) is 4.98 Å². The van der Waals surface area contributed by atoms with Gasteiger partial charge in [-0.15, -0.1) is 0 Å². The molecular weight excluding hydrogens is 264 g/mol. The van der Waals surface area contributed by atoms with Crippen LogP contribution in [0.2, 0.25) is 5.02 Å². The fourth-order valence-electron chi connectivity index (χ4n) is 1.55. The molecule has 1 heterocycles. The molecule has 1 aromatic heterocycles. The molecule has 0 aliphatic carbocycles. The molecule has 2 rings (SSSR count). The van der Waals surface area contributed by atoms with Gasteiger partial charge in [-0.3, -0.25) is 0 Å². The molecule has 96 valence electrons. The molecule has 0 aliphatic rings. The second kappa shape index (κ2) is 6.19. The number of rotatable bonds is 4. The van der Waals surface area contributed by atoms with Crippen LogP contribution in [0.3, 0.4) is 0 Å². The summed E-state index contributed by atoms with van der Waals surface area (Å²) in [5.74, 6) is 0.536. The largest absolute Gasteiger partial charge is 0.487 e. The summed E-state index contributed by atoms with van der Waals surface area (Å²) in [5, 5.41) is 18.2. The standard InChI is InChI=1S/C14H11ClN2O2/c15-13-6-10(8-18)1-2-14(13)19-9-11-3-4-17-12(5-11)7-16/h1-6,18H,8-9H2. The van der Waals surface area contributed by atoms with Gasteiger partial charge in [-0.05, 0) is 35.4 Å². The summed E-state index contributed by atoms with van der Waals surface area (Å²) in [7, 11) is 0. The summed E-state index contributed by atoms with van der Waals surface area (Å²) < 4.78 is 5.57. The van der Waals surface area contributed by atoms with Crippen LogP contribution >= 0.6 is 11.6 Å². The number of aliphatic hydroxyl groups is 1. The zero-order valence-corrected chi connectivity index (χ0v) is 10.8. The molecule has 0 unspecified atom stereocenters. The lowest BCUT2D eigenvalue weighted by Gasteiger charge is -2.09. The number of ether oxygens (including phenoxy) is 1. The smallest absolute Gasteiger partial charge is 0.140 e. The average Bonchev–Trinajstić information content (AvgIpc) is 2.46. The minimum Gasteiger partial charge on any atom is -0.487 e. The third kappa shape index (κ3) is 3.44. The van der Waals surface area contributed by atoms with Crippen LogP contribution in [0.4, 0.5) is 0 Å². The number of aromatic nitrogens is 1. The van der Waals surface area contributed by atoms with Gasteiger partial charge < -0.3 is 9.84 Å². The summed E-state index contributed by atoms with van der Waals surface area (Å²) in [4.78, 5) is 3.88. The molecule has 0 saturated heterocycles. The molecule has 4 nitrogen and oxygen atoms in total. The molecule has 0 amide bonds. The summed E-state index contributed by atoms with van der Waals surface area (Å²) in [6.07, 6.45) is 1.56. The van der Waals surface area contributed by atoms with Crippen molar-refractivity contribution in [2.75, 3.05) is 0 Å². The number of aliphatic hydroxyl groups excluding tert-OH is 1. The van der Waals surface area contributed by atoms with Gasteiger partial charge >= 0.3 is 0 Å². The van der Waals surface area contributed by atoms with Gasteiger partial charge in [-0.1, -0.05) is 17.7 Å². The first-order chi connectivity index (χ1) is 9.22. The van der Waals surface area contributed by atoms with Crippen LogP contribution in [-0.4, -0.2) is 10.1 Å². The lowest BCUT2D eigenvalue weighted by atomic mass is 10.2. The van der Waals surface area contributed by atoms with Crippen molar-refractivity contribution in [3.05, 3.63) is 58.4 Å². The van der Waals surface area contributed by atoms with Crippen molar-refractivity contribution in [3.8, 4) is 11.8 Å². The molecule has 0 radical (unpaired) electrons. The fraction of sp³-hybridized carbons (Fsp3) is 0.143. The Morgan fingerprint density at radius 3 is 2.79 bits per heavy atom. The zero-order valence-electron chi connectivity index (χ0n) is 10.0. The van der Waals surface area contributed by atoms with Crippen molar-refractivity contribution in [2.45, 2.75) is 13.2 Å². The van der Waals surface area contributed by atoms with E-state index in [-0.39, 0.29) is 6.61 Å². The number of halogens is 1. The van der Waals surface area contributed by atoms with E-state index in [0.717, 1.165) is 11.1 Å². The van der Waals surface area contributed by atoms with E-state index in [0.29, 0.717) is 23.1 Å². The maximum atomic E-state index is 8.98. The van der Waals surface area contributed by atoms with Gasteiger partial charge in [0.1, 0.15) is 24.1 Å². The Kier molecular flexibility index (Phi) is 4.35. The molecule has 0 atom stereocenters. The van der Waals surface area contributed by atoms with E-state index in [1.165, 1.54) is 0 Å². The van der Waals surface area contributed by atoms with Gasteiger partial charge in [0.2, 0.25) is 0 Å². The Hall–Kier alpha value is -2.09. The van der Waals surface area contributed by atoms with E-state index < -0.39 is 0 Å². The molecule has 0 spiro atoms. The molecule has 1 aromatic carbocycles. The van der Waals surface area contributed by atoms with Crippen LogP contribution in [0.1, 0.15) is 16.8 Å². The molecule has 2 aromatic rings. The lowest BCUT2D eigenvalue weighted by Crippen LogP contribution is -1.97. The predicted molar refractivity (Wildman–Crippen MR) is 70.7 cm³/mol. The van der Waals surface area contributed by atoms with Crippen molar-refractivity contribution in [2.24, 2.45) is 0 Å². The minimum atomic E-state index is -0.0596. The number of nitriles is 1. The number of hydrogen-bond donors (Lipinski definition) is 1. The van der Waals surface area contributed by atoms with Crippen LogP contribution in [0.25, 0.3) is 0 Å². The lowest BCUT2D eigenvalue weighted by molar-refractivity contribution is 0.280. The second-order valence-corrected chi connectivity index (χ2v) is 4.28. The van der Waals surface area contributed by atoms with Gasteiger partial charge in [0.05, 0.1) is 11.6 Å². The molecule has 0 saturated carbocycles. The topological polar surface area (TPSA) is 66.1 Å². The highest BCUT2D eigenvalue weighted by Crippen LogP contribution is 2.26. The first-order valence-corrected chi connectivity index (χ1v) is 5.98. The second-order valence-electron chi connectivity index (χ2n) is 3.87. The number of nitrogens with zero attached hydrogens (tertiary/aromatic N) is 2. The first kappa shape index (κ1) is 13.3. The molecule has 1 N–H and O–H groups in total. The van der Waals surface area contributed by atoms with Gasteiger partial charge in [0.25, 0.3) is 0 Å². The quantitative estimate of drug-likeness (QED) is 0.931. The minimum absolute atomic E-state index is 0.0596. The van der Waals surface area contributed by atoms with Crippen molar-refractivity contribution in [3.63, 3.8) is 0 Å². The highest BCUT2D eigenvalue weighted by atomic mass is 35.5. The summed E-state index contributed by atoms with van der Waals surface area (Å²) in [6.45, 7) is 0.241. The van der Waals surface area contributed by atoms with Gasteiger partial charge in [-0.2, -0.15) is 5.26 Å². The fourth-order valence-corrected chi connectivity index (χ4v) is 1.80. The zero-order chi connectivity index (χ0) is 13.7. The molecule has 0 bridgehead atoms. The molecule has 5 heteroatoms. The van der Waals surface area contributed by atoms with Crippen LogP contribution in [0.5, 0.6) is 5.75 Å². The predicted octanol–water partition coefficient (Wildman–Crippen LogP) is 2.68. The Balaban J connectivity index is 2.08. The van der Waals surface area contributed by atoms with E-state index in [9.17, 15) is 0 Å². The first-order valence-electron chi connectivity index (χ1n) is 5.60. The maximum absolute atomic E-state index is 8.98. The number of benzene rings is 1. The van der Waals surface area contributed by atoms with E-state index in [2.05, 4.69) is 4.98 Å². The average molecular weight is 275 g/mol. The van der Waals surface area contributed by atoms with E-state index in [4.69, 9.17) is 26.7 Å². The summed E-state index contributed by atoms with van der Waals surface area (Å²) in [5.41, 5.74) is 1.92. The van der Waals surface area contributed by atoms with E-state index in [1.807, 2.05) is 6.07 Å². The highest BCUT2D eigenvalue weighted by Gasteiger charge is 2.04. The Bertz CT molecular complexity index is 623. The highest BCUT2D eigenvalue weighted by molar-refractivity contribution is 6.32. The Morgan fingerprint density at radius 2 is 2.11 bits per heavy atom. The van der Waals surface area contributed by atoms with Crippen molar-refractivity contribution >= 4 is 11.6 Å². The van der Waals surface area contributed by atoms with Gasteiger partial charge in [0, 0.05) is 6.20 Å². The van der Waals surface area contributed by atoms with E-state index in [1.54, 1.807) is 36.5 Å². The van der Waals surface area contributed by atoms with Crippen LogP contribution in [0, 0.1) is 11.3 Å². The number of pyridine rings is 1. The SMILES string of the molecule is N#Cc1cc(COc2ccc(CO)cc2Cl)ccn1. The molecule has 0 aliphatic heterocycles. The van der Waals surface area contributed by atoms with Crippen molar-refractivity contribution < 1.29 is 9.84 Å². The van der Waals surface area contributed by atoms with Gasteiger partial charge in [0.15, 0.2) is 0 Å². The Labute approximate surface area is 115 Å². The maximum Gasteiger partial charge on any atom is 0.140 e. The van der Waals surface area contributed by atoms with Crippen LogP contribution in [-0.2, 0) is 13.2 Å². The Morgan fingerprint density at radius 1 is 1.26 bits per heavy atom. The third-order valence-electron chi connectivity index (χ3n) is 2.51. The van der Waals surface area contributed by atoms with Crippen LogP contribution < -0.4 is 4.74 Å². The normalized spacial score (nSPS) is 9.95.